The first-order valence-corrected chi connectivity index (χ1v) is 15.8. The van der Waals surface area contributed by atoms with Gasteiger partial charge in [0.2, 0.25) is 11.8 Å². The highest BCUT2D eigenvalue weighted by Gasteiger charge is 2.33. The molecule has 0 aliphatic carbocycles. The Morgan fingerprint density at radius 3 is 1.78 bits per heavy atom. The number of ether oxygens (including phenoxy) is 1. The Hall–Kier alpha value is -4.17. The Balaban J connectivity index is 1.82. The lowest BCUT2D eigenvalue weighted by atomic mass is 9.88. The van der Waals surface area contributed by atoms with Gasteiger partial charge < -0.3 is 25.8 Å². The molecule has 0 saturated carbocycles. The molecule has 0 radical (unpaired) electrons. The number of alkyl carbamates (subject to hydrolysis) is 1. The van der Waals surface area contributed by atoms with Crippen LogP contribution in [0.4, 0.5) is 4.79 Å². The third-order valence-electron chi connectivity index (χ3n) is 7.79. The highest BCUT2D eigenvalue weighted by atomic mass is 16.6. The number of amides is 3. The van der Waals surface area contributed by atoms with Crippen LogP contribution in [0.25, 0.3) is 0 Å². The molecule has 0 bridgehead atoms. The lowest BCUT2D eigenvalue weighted by Crippen LogP contribution is -2.53. The lowest BCUT2D eigenvalue weighted by Gasteiger charge is -2.30. The summed E-state index contributed by atoms with van der Waals surface area (Å²) in [6.07, 6.45) is -0.267. The number of hydrogen-bond acceptors (Lipinski definition) is 5. The second-order valence-corrected chi connectivity index (χ2v) is 12.7. The van der Waals surface area contributed by atoms with Crippen LogP contribution >= 0.6 is 0 Å². The molecular formula is C37H49N3O5. The average Bonchev–Trinajstić information content (AvgIpc) is 3.02. The lowest BCUT2D eigenvalue weighted by molar-refractivity contribution is -0.133. The van der Waals surface area contributed by atoms with Crippen molar-refractivity contribution in [3.8, 4) is 0 Å². The molecule has 45 heavy (non-hydrogen) atoms. The first kappa shape index (κ1) is 35.3. The van der Waals surface area contributed by atoms with Crippen molar-refractivity contribution in [3.05, 3.63) is 108 Å². The summed E-state index contributed by atoms with van der Waals surface area (Å²) in [6.45, 7) is 9.61. The molecule has 1 unspecified atom stereocenters. The molecule has 0 spiro atoms. The molecule has 0 aliphatic heterocycles. The number of rotatable bonds is 15. The number of benzene rings is 3. The van der Waals surface area contributed by atoms with Crippen LogP contribution in [0.1, 0.15) is 64.2 Å². The molecule has 3 aromatic carbocycles. The molecule has 0 saturated heterocycles. The van der Waals surface area contributed by atoms with Crippen LogP contribution in [0.3, 0.4) is 0 Å². The summed E-state index contributed by atoms with van der Waals surface area (Å²) < 4.78 is 5.49. The predicted molar refractivity (Wildman–Crippen MR) is 177 cm³/mol. The zero-order valence-electron chi connectivity index (χ0n) is 27.2. The molecule has 3 amide bonds. The minimum absolute atomic E-state index is 0.0624. The van der Waals surface area contributed by atoms with Crippen molar-refractivity contribution in [2.45, 2.75) is 90.6 Å². The molecule has 8 nitrogen and oxygen atoms in total. The van der Waals surface area contributed by atoms with Crippen LogP contribution in [0.2, 0.25) is 0 Å². The number of aliphatic hydroxyl groups excluding tert-OH is 1. The van der Waals surface area contributed by atoms with Crippen molar-refractivity contribution in [3.63, 3.8) is 0 Å². The minimum Gasteiger partial charge on any atom is -0.444 e. The van der Waals surface area contributed by atoms with Crippen LogP contribution in [-0.4, -0.2) is 46.8 Å². The Kier molecular flexibility index (Phi) is 13.6. The number of hydrogen-bond donors (Lipinski definition) is 4. The van der Waals surface area contributed by atoms with Gasteiger partial charge in [-0.3, -0.25) is 9.59 Å². The van der Waals surface area contributed by atoms with Gasteiger partial charge in [0.05, 0.1) is 12.1 Å². The summed E-state index contributed by atoms with van der Waals surface area (Å²) in [4.78, 5) is 40.1. The summed E-state index contributed by atoms with van der Waals surface area (Å²) in [5.41, 5.74) is 2.10. The molecule has 0 fully saturated rings. The molecule has 8 heteroatoms. The summed E-state index contributed by atoms with van der Waals surface area (Å²) in [5, 5.41) is 20.4. The van der Waals surface area contributed by atoms with E-state index in [0.29, 0.717) is 25.8 Å². The van der Waals surface area contributed by atoms with Gasteiger partial charge in [-0.15, -0.1) is 0 Å². The van der Waals surface area contributed by atoms with E-state index in [2.05, 4.69) is 16.0 Å². The second kappa shape index (κ2) is 17.4. The zero-order chi connectivity index (χ0) is 32.8. The fourth-order valence-electron chi connectivity index (χ4n) is 5.12. The van der Waals surface area contributed by atoms with Gasteiger partial charge >= 0.3 is 6.09 Å². The molecule has 0 aliphatic rings. The van der Waals surface area contributed by atoms with Crippen molar-refractivity contribution in [2.24, 2.45) is 11.8 Å². The van der Waals surface area contributed by atoms with Crippen LogP contribution in [0.5, 0.6) is 0 Å². The minimum atomic E-state index is -1.08. The maximum Gasteiger partial charge on any atom is 0.407 e. The Labute approximate surface area is 268 Å². The summed E-state index contributed by atoms with van der Waals surface area (Å²) in [6, 6.07) is 27.3. The van der Waals surface area contributed by atoms with E-state index < -0.39 is 35.8 Å². The normalized spacial score (nSPS) is 14.7. The van der Waals surface area contributed by atoms with Gasteiger partial charge in [-0.25, -0.2) is 4.79 Å². The van der Waals surface area contributed by atoms with E-state index in [4.69, 9.17) is 4.74 Å². The number of nitrogens with one attached hydrogen (secondary N) is 3. The molecule has 3 rings (SSSR count). The zero-order valence-corrected chi connectivity index (χ0v) is 27.2. The molecule has 0 heterocycles. The largest absolute Gasteiger partial charge is 0.444 e. The van der Waals surface area contributed by atoms with Crippen LogP contribution < -0.4 is 16.0 Å². The Morgan fingerprint density at radius 1 is 0.756 bits per heavy atom. The van der Waals surface area contributed by atoms with Gasteiger partial charge in [0, 0.05) is 12.5 Å². The number of carbonyl (C=O) groups is 3. The van der Waals surface area contributed by atoms with Gasteiger partial charge in [0.25, 0.3) is 0 Å². The third kappa shape index (κ3) is 12.4. The molecular weight excluding hydrogens is 566 g/mol. The van der Waals surface area contributed by atoms with Crippen molar-refractivity contribution in [1.29, 1.82) is 0 Å². The van der Waals surface area contributed by atoms with Gasteiger partial charge in [0.1, 0.15) is 11.6 Å². The van der Waals surface area contributed by atoms with E-state index >= 15 is 0 Å². The molecule has 242 valence electrons. The maximum absolute atomic E-state index is 14.0. The van der Waals surface area contributed by atoms with E-state index in [1.54, 1.807) is 20.8 Å². The number of carbonyl (C=O) groups excluding carboxylic acids is 3. The summed E-state index contributed by atoms with van der Waals surface area (Å²) in [7, 11) is 0. The predicted octanol–water partition coefficient (Wildman–Crippen LogP) is 5.58. The fraction of sp³-hybridized carbons (Fsp3) is 0.432. The summed E-state index contributed by atoms with van der Waals surface area (Å²) in [5.74, 6) is -1.37. The standard InChI is InChI=1S/C37H49N3O5/c1-6-26(2)33(35(43)38-25-29-20-14-9-15-21-29)40-34(42)30(22-27-16-10-7-11-17-27)24-32(41)31(23-28-18-12-8-13-19-28)39-36(44)45-37(3,4)5/h7-21,26,30-33,41H,6,22-25H2,1-5H3,(H,38,43)(H,39,44)(H,40,42)/t26?,30-,31+,32+,33+/m1/s1. The van der Waals surface area contributed by atoms with E-state index in [0.717, 1.165) is 16.7 Å². The first-order valence-electron chi connectivity index (χ1n) is 15.8. The van der Waals surface area contributed by atoms with Crippen molar-refractivity contribution >= 4 is 17.9 Å². The molecule has 5 atom stereocenters. The highest BCUT2D eigenvalue weighted by molar-refractivity contribution is 5.88. The Bertz CT molecular complexity index is 1330. The SMILES string of the molecule is CCC(C)[C@H](NC(=O)[C@H](Cc1ccccc1)C[C@H](O)[C@H](Cc1ccccc1)NC(=O)OC(C)(C)C)C(=O)NCc1ccccc1. The summed E-state index contributed by atoms with van der Waals surface area (Å²) >= 11 is 0. The maximum atomic E-state index is 14.0. The van der Waals surface area contributed by atoms with E-state index in [1.165, 1.54) is 0 Å². The van der Waals surface area contributed by atoms with Crippen molar-refractivity contribution in [2.75, 3.05) is 0 Å². The van der Waals surface area contributed by atoms with Crippen molar-refractivity contribution in [1.82, 2.24) is 16.0 Å². The van der Waals surface area contributed by atoms with Gasteiger partial charge in [-0.05, 0) is 62.6 Å². The fourth-order valence-corrected chi connectivity index (χ4v) is 5.12. The van der Waals surface area contributed by atoms with Gasteiger partial charge in [0.15, 0.2) is 0 Å². The smallest absolute Gasteiger partial charge is 0.407 e. The van der Waals surface area contributed by atoms with E-state index in [-0.39, 0.29) is 24.2 Å². The monoisotopic (exact) mass is 615 g/mol. The average molecular weight is 616 g/mol. The van der Waals surface area contributed by atoms with Crippen molar-refractivity contribution < 1.29 is 24.2 Å². The van der Waals surface area contributed by atoms with E-state index in [9.17, 15) is 19.5 Å². The second-order valence-electron chi connectivity index (χ2n) is 12.7. The Morgan fingerprint density at radius 2 is 1.27 bits per heavy atom. The molecule has 0 aromatic heterocycles. The third-order valence-corrected chi connectivity index (χ3v) is 7.79. The highest BCUT2D eigenvalue weighted by Crippen LogP contribution is 2.21. The van der Waals surface area contributed by atoms with Crippen LogP contribution in [0, 0.1) is 11.8 Å². The van der Waals surface area contributed by atoms with Gasteiger partial charge in [-0.2, -0.15) is 0 Å². The molecule has 3 aromatic rings. The van der Waals surface area contributed by atoms with Gasteiger partial charge in [-0.1, -0.05) is 111 Å². The quantitative estimate of drug-likeness (QED) is 0.178. The molecule has 4 N–H and O–H groups in total. The van der Waals surface area contributed by atoms with Crippen LogP contribution in [-0.2, 0) is 33.7 Å². The topological polar surface area (TPSA) is 117 Å². The number of aliphatic hydroxyl groups is 1. The van der Waals surface area contributed by atoms with E-state index in [1.807, 2.05) is 105 Å². The van der Waals surface area contributed by atoms with Crippen LogP contribution in [0.15, 0.2) is 91.0 Å². The first-order chi connectivity index (χ1) is 21.4.